The molecule has 1 aromatic heterocycles. The van der Waals surface area contributed by atoms with Crippen molar-refractivity contribution >= 4 is 11.3 Å². The van der Waals surface area contributed by atoms with Crippen molar-refractivity contribution in [2.45, 2.75) is 44.9 Å². The summed E-state index contributed by atoms with van der Waals surface area (Å²) < 4.78 is 5.43. The Balaban J connectivity index is 2.07. The van der Waals surface area contributed by atoms with Crippen molar-refractivity contribution in [3.8, 4) is 0 Å². The summed E-state index contributed by atoms with van der Waals surface area (Å²) >= 11 is 1.87. The number of thiophene rings is 1. The van der Waals surface area contributed by atoms with Gasteiger partial charge in [0, 0.05) is 36.0 Å². The monoisotopic (exact) mass is 268 g/mol. The largest absolute Gasteiger partial charge is 0.381 e. The van der Waals surface area contributed by atoms with Gasteiger partial charge in [0.15, 0.2) is 0 Å². The maximum atomic E-state index is 6.21. The molecule has 3 nitrogen and oxygen atoms in total. The molecule has 2 atom stereocenters. The summed E-state index contributed by atoms with van der Waals surface area (Å²) in [5.41, 5.74) is 6.21. The van der Waals surface area contributed by atoms with E-state index in [9.17, 15) is 0 Å². The van der Waals surface area contributed by atoms with Crippen molar-refractivity contribution in [3.63, 3.8) is 0 Å². The fraction of sp³-hybridized carbons (Fsp3) is 0.714. The second kappa shape index (κ2) is 6.15. The van der Waals surface area contributed by atoms with Crippen LogP contribution in [0.15, 0.2) is 12.1 Å². The molecule has 0 aliphatic carbocycles. The van der Waals surface area contributed by atoms with Crippen LogP contribution in [-0.4, -0.2) is 37.2 Å². The maximum Gasteiger partial charge on any atom is 0.0595 e. The summed E-state index contributed by atoms with van der Waals surface area (Å²) in [6.45, 7) is 6.44. The summed E-state index contributed by atoms with van der Waals surface area (Å²) in [5.74, 6) is 0. The van der Waals surface area contributed by atoms with Crippen molar-refractivity contribution in [3.05, 3.63) is 21.9 Å². The first kappa shape index (κ1) is 14.0. The van der Waals surface area contributed by atoms with Crippen LogP contribution in [0, 0.1) is 6.92 Å². The van der Waals surface area contributed by atoms with Crippen LogP contribution >= 0.6 is 11.3 Å². The molecule has 1 fully saturated rings. The molecule has 18 heavy (non-hydrogen) atoms. The standard InChI is InChI=1S/C14H24N2OS/c1-10-4-5-13(18-10)14(11(2)15)16-8-6-12(17-3)7-9-16/h4-5,11-12,14H,6-9,15H2,1-3H3. The van der Waals surface area contributed by atoms with E-state index >= 15 is 0 Å². The van der Waals surface area contributed by atoms with Gasteiger partial charge in [-0.1, -0.05) is 0 Å². The Labute approximate surface area is 114 Å². The highest BCUT2D eigenvalue weighted by atomic mass is 32.1. The minimum absolute atomic E-state index is 0.169. The Morgan fingerprint density at radius 2 is 2.06 bits per heavy atom. The fourth-order valence-electron chi connectivity index (χ4n) is 2.77. The Morgan fingerprint density at radius 1 is 1.39 bits per heavy atom. The van der Waals surface area contributed by atoms with Crippen molar-refractivity contribution in [2.75, 3.05) is 20.2 Å². The van der Waals surface area contributed by atoms with Crippen LogP contribution in [0.25, 0.3) is 0 Å². The fourth-order valence-corrected chi connectivity index (χ4v) is 3.90. The molecule has 2 rings (SSSR count). The third-order valence-electron chi connectivity index (χ3n) is 3.75. The highest BCUT2D eigenvalue weighted by Crippen LogP contribution is 2.31. The van der Waals surface area contributed by atoms with Gasteiger partial charge in [-0.2, -0.15) is 0 Å². The van der Waals surface area contributed by atoms with Gasteiger partial charge >= 0.3 is 0 Å². The minimum atomic E-state index is 0.169. The van der Waals surface area contributed by atoms with Gasteiger partial charge in [-0.15, -0.1) is 11.3 Å². The lowest BCUT2D eigenvalue weighted by atomic mass is 10.0. The van der Waals surface area contributed by atoms with Crippen molar-refractivity contribution in [1.29, 1.82) is 0 Å². The summed E-state index contributed by atoms with van der Waals surface area (Å²) in [4.78, 5) is 5.28. The van der Waals surface area contributed by atoms with Crippen molar-refractivity contribution in [1.82, 2.24) is 4.90 Å². The topological polar surface area (TPSA) is 38.5 Å². The predicted octanol–water partition coefficient (Wildman–Crippen LogP) is 2.56. The number of hydrogen-bond acceptors (Lipinski definition) is 4. The minimum Gasteiger partial charge on any atom is -0.381 e. The van der Waals surface area contributed by atoms with E-state index in [-0.39, 0.29) is 6.04 Å². The first-order valence-electron chi connectivity index (χ1n) is 6.70. The Bertz CT molecular complexity index is 370. The second-order valence-corrected chi connectivity index (χ2v) is 6.54. The highest BCUT2D eigenvalue weighted by Gasteiger charge is 2.29. The molecule has 2 heterocycles. The second-order valence-electron chi connectivity index (χ2n) is 5.22. The number of methoxy groups -OCH3 is 1. The van der Waals surface area contributed by atoms with E-state index in [2.05, 4.69) is 30.9 Å². The number of nitrogens with zero attached hydrogens (tertiary/aromatic N) is 1. The Morgan fingerprint density at radius 3 is 2.50 bits per heavy atom. The number of aryl methyl sites for hydroxylation is 1. The smallest absolute Gasteiger partial charge is 0.0595 e. The first-order chi connectivity index (χ1) is 8.61. The van der Waals surface area contributed by atoms with E-state index in [1.165, 1.54) is 9.75 Å². The summed E-state index contributed by atoms with van der Waals surface area (Å²) in [6, 6.07) is 4.96. The lowest BCUT2D eigenvalue weighted by molar-refractivity contribution is 0.0240. The zero-order valence-electron chi connectivity index (χ0n) is 11.6. The molecule has 1 aliphatic heterocycles. The molecule has 1 aliphatic rings. The Hall–Kier alpha value is -0.420. The van der Waals surface area contributed by atoms with Gasteiger partial charge in [-0.3, -0.25) is 4.90 Å². The predicted molar refractivity (Wildman–Crippen MR) is 77.1 cm³/mol. The molecule has 0 amide bonds. The molecule has 0 bridgehead atoms. The van der Waals surface area contributed by atoms with Crippen LogP contribution in [0.4, 0.5) is 0 Å². The van der Waals surface area contributed by atoms with Crippen LogP contribution in [0.2, 0.25) is 0 Å². The van der Waals surface area contributed by atoms with Crippen LogP contribution in [0.5, 0.6) is 0 Å². The molecule has 0 radical (unpaired) electrons. The number of nitrogens with two attached hydrogens (primary N) is 1. The molecular weight excluding hydrogens is 244 g/mol. The number of rotatable bonds is 4. The summed E-state index contributed by atoms with van der Waals surface area (Å²) in [7, 11) is 1.81. The number of ether oxygens (including phenoxy) is 1. The van der Waals surface area contributed by atoms with Crippen molar-refractivity contribution in [2.24, 2.45) is 5.73 Å². The molecular formula is C14H24N2OS. The third kappa shape index (κ3) is 3.12. The van der Waals surface area contributed by atoms with Crippen LogP contribution in [0.1, 0.15) is 35.6 Å². The van der Waals surface area contributed by atoms with Crippen LogP contribution in [-0.2, 0) is 4.74 Å². The zero-order valence-corrected chi connectivity index (χ0v) is 12.4. The van der Waals surface area contributed by atoms with E-state index < -0.39 is 0 Å². The van der Waals surface area contributed by atoms with Gasteiger partial charge in [-0.05, 0) is 38.8 Å². The van der Waals surface area contributed by atoms with Crippen LogP contribution in [0.3, 0.4) is 0 Å². The molecule has 1 aromatic rings. The maximum absolute atomic E-state index is 6.21. The lowest BCUT2D eigenvalue weighted by Gasteiger charge is -2.38. The van der Waals surface area contributed by atoms with Gasteiger partial charge < -0.3 is 10.5 Å². The highest BCUT2D eigenvalue weighted by molar-refractivity contribution is 7.12. The normalized spacial score (nSPS) is 22.0. The first-order valence-corrected chi connectivity index (χ1v) is 7.52. The summed E-state index contributed by atoms with van der Waals surface area (Å²) in [5, 5.41) is 0. The van der Waals surface area contributed by atoms with E-state index in [1.807, 2.05) is 18.4 Å². The van der Waals surface area contributed by atoms with Gasteiger partial charge in [0.2, 0.25) is 0 Å². The van der Waals surface area contributed by atoms with Gasteiger partial charge in [-0.25, -0.2) is 0 Å². The average Bonchev–Trinajstić information content (AvgIpc) is 2.76. The summed E-state index contributed by atoms with van der Waals surface area (Å²) in [6.07, 6.45) is 2.66. The van der Waals surface area contributed by atoms with Gasteiger partial charge in [0.1, 0.15) is 0 Å². The number of likely N-dealkylation sites (tertiary alicyclic amines) is 1. The molecule has 2 N–H and O–H groups in total. The molecule has 0 saturated carbocycles. The SMILES string of the molecule is COC1CCN(C(c2ccc(C)s2)C(C)N)CC1. The molecule has 0 spiro atoms. The van der Waals surface area contributed by atoms with Crippen LogP contribution < -0.4 is 5.73 Å². The molecule has 1 saturated heterocycles. The quantitative estimate of drug-likeness (QED) is 0.912. The van der Waals surface area contributed by atoms with Gasteiger partial charge in [0.05, 0.1) is 12.1 Å². The molecule has 2 unspecified atom stereocenters. The third-order valence-corrected chi connectivity index (χ3v) is 4.83. The molecule has 0 aromatic carbocycles. The van der Waals surface area contributed by atoms with E-state index in [1.54, 1.807) is 0 Å². The van der Waals surface area contributed by atoms with E-state index in [0.29, 0.717) is 12.1 Å². The lowest BCUT2D eigenvalue weighted by Crippen LogP contribution is -2.44. The molecule has 4 heteroatoms. The van der Waals surface area contributed by atoms with E-state index in [4.69, 9.17) is 10.5 Å². The van der Waals surface area contributed by atoms with Crippen molar-refractivity contribution < 1.29 is 4.74 Å². The van der Waals surface area contributed by atoms with E-state index in [0.717, 1.165) is 25.9 Å². The zero-order chi connectivity index (χ0) is 13.1. The number of piperidine rings is 1. The average molecular weight is 268 g/mol. The Kier molecular flexibility index (Phi) is 4.78. The number of hydrogen-bond donors (Lipinski definition) is 1. The molecule has 102 valence electrons. The van der Waals surface area contributed by atoms with Gasteiger partial charge in [0.25, 0.3) is 0 Å².